The minimum atomic E-state index is -1.28. The van der Waals surface area contributed by atoms with Crippen LogP contribution in [0.1, 0.15) is 22.8 Å². The molecule has 0 unspecified atom stereocenters. The van der Waals surface area contributed by atoms with E-state index in [9.17, 15) is 9.59 Å². The Morgan fingerprint density at radius 3 is 2.56 bits per heavy atom. The minimum absolute atomic E-state index is 0.314. The maximum Gasteiger partial charge on any atom is 0.339 e. The van der Waals surface area contributed by atoms with Gasteiger partial charge in [-0.2, -0.15) is 0 Å². The Hall–Kier alpha value is -3.02. The Balaban J connectivity index is 1.83. The normalized spacial score (nSPS) is 18.8. The second-order valence-corrected chi connectivity index (χ2v) is 5.98. The number of rotatable bonds is 4. The summed E-state index contributed by atoms with van der Waals surface area (Å²) >= 11 is 0. The minimum Gasteiger partial charge on any atom is -0.493 e. The summed E-state index contributed by atoms with van der Waals surface area (Å²) in [7, 11) is 3.06. The third-order valence-corrected chi connectivity index (χ3v) is 4.20. The highest BCUT2D eigenvalue weighted by Crippen LogP contribution is 2.32. The molecule has 6 nitrogen and oxygen atoms in total. The Bertz CT molecular complexity index is 832. The SMILES string of the molecule is COc1ccc(NC(=O)[C@@]2(C)Cc3ccccc3C(=O)O2)cc1OC. The molecule has 1 heterocycles. The van der Waals surface area contributed by atoms with Gasteiger partial charge in [-0.25, -0.2) is 4.79 Å². The molecule has 25 heavy (non-hydrogen) atoms. The molecule has 0 saturated carbocycles. The van der Waals surface area contributed by atoms with Gasteiger partial charge in [0.1, 0.15) is 0 Å². The summed E-state index contributed by atoms with van der Waals surface area (Å²) in [6, 6.07) is 12.2. The lowest BCUT2D eigenvalue weighted by molar-refractivity contribution is -0.134. The summed E-state index contributed by atoms with van der Waals surface area (Å²) in [6.07, 6.45) is 0.314. The number of benzene rings is 2. The molecule has 2 aromatic carbocycles. The largest absolute Gasteiger partial charge is 0.493 e. The highest BCUT2D eigenvalue weighted by molar-refractivity contribution is 6.02. The van der Waals surface area contributed by atoms with E-state index in [1.165, 1.54) is 14.2 Å². The molecule has 0 aromatic heterocycles. The van der Waals surface area contributed by atoms with Crippen LogP contribution in [0.4, 0.5) is 5.69 Å². The van der Waals surface area contributed by atoms with Crippen molar-refractivity contribution in [1.82, 2.24) is 0 Å². The van der Waals surface area contributed by atoms with Gasteiger partial charge in [-0.3, -0.25) is 4.79 Å². The number of hydrogen-bond acceptors (Lipinski definition) is 5. The van der Waals surface area contributed by atoms with E-state index in [0.717, 1.165) is 5.56 Å². The molecule has 0 fully saturated rings. The standard InChI is InChI=1S/C19H19NO5/c1-19(11-12-6-4-5-7-14(12)17(21)25-19)18(22)20-13-8-9-15(23-2)16(10-13)24-3/h4-10H,11H2,1-3H3,(H,20,22)/t19-/m1/s1. The molecule has 6 heteroatoms. The van der Waals surface area contributed by atoms with Crippen LogP contribution in [0.25, 0.3) is 0 Å². The highest BCUT2D eigenvalue weighted by Gasteiger charge is 2.42. The number of methoxy groups -OCH3 is 2. The van der Waals surface area contributed by atoms with Crippen LogP contribution in [0, 0.1) is 0 Å². The second-order valence-electron chi connectivity index (χ2n) is 5.98. The van der Waals surface area contributed by atoms with Crippen molar-refractivity contribution in [3.63, 3.8) is 0 Å². The first-order chi connectivity index (χ1) is 12.0. The van der Waals surface area contributed by atoms with Crippen LogP contribution < -0.4 is 14.8 Å². The van der Waals surface area contributed by atoms with Gasteiger partial charge in [0, 0.05) is 18.2 Å². The van der Waals surface area contributed by atoms with Gasteiger partial charge in [0.05, 0.1) is 19.8 Å². The van der Waals surface area contributed by atoms with Crippen molar-refractivity contribution in [2.24, 2.45) is 0 Å². The summed E-state index contributed by atoms with van der Waals surface area (Å²) in [5.74, 6) is 0.163. The molecular formula is C19H19NO5. The predicted molar refractivity (Wildman–Crippen MR) is 92.1 cm³/mol. The monoisotopic (exact) mass is 341 g/mol. The highest BCUT2D eigenvalue weighted by atomic mass is 16.6. The van der Waals surface area contributed by atoms with Crippen LogP contribution in [-0.2, 0) is 16.0 Å². The lowest BCUT2D eigenvalue weighted by atomic mass is 9.89. The summed E-state index contributed by atoms with van der Waals surface area (Å²) < 4.78 is 15.8. The number of amides is 1. The number of nitrogens with one attached hydrogen (secondary N) is 1. The molecule has 1 atom stereocenters. The van der Waals surface area contributed by atoms with Crippen LogP contribution >= 0.6 is 0 Å². The van der Waals surface area contributed by atoms with Crippen molar-refractivity contribution < 1.29 is 23.8 Å². The molecule has 0 bridgehead atoms. The van der Waals surface area contributed by atoms with Crippen molar-refractivity contribution in [2.45, 2.75) is 18.9 Å². The van der Waals surface area contributed by atoms with Crippen LogP contribution in [0.2, 0.25) is 0 Å². The zero-order valence-corrected chi connectivity index (χ0v) is 14.3. The average molecular weight is 341 g/mol. The summed E-state index contributed by atoms with van der Waals surface area (Å²) in [5, 5.41) is 2.78. The Labute approximate surface area is 145 Å². The zero-order chi connectivity index (χ0) is 18.0. The molecule has 1 amide bonds. The van der Waals surface area contributed by atoms with Gasteiger partial charge in [-0.05, 0) is 30.7 Å². The summed E-state index contributed by atoms with van der Waals surface area (Å²) in [4.78, 5) is 24.9. The second kappa shape index (κ2) is 6.47. The number of cyclic esters (lactones) is 1. The maximum absolute atomic E-state index is 12.7. The van der Waals surface area contributed by atoms with Crippen LogP contribution in [0.3, 0.4) is 0 Å². The van der Waals surface area contributed by atoms with E-state index < -0.39 is 17.5 Å². The third-order valence-electron chi connectivity index (χ3n) is 4.20. The number of fused-ring (bicyclic) bond motifs is 1. The van der Waals surface area contributed by atoms with E-state index in [1.807, 2.05) is 12.1 Å². The fourth-order valence-electron chi connectivity index (χ4n) is 2.84. The third kappa shape index (κ3) is 3.15. The van der Waals surface area contributed by atoms with Gasteiger partial charge >= 0.3 is 5.97 Å². The fourth-order valence-corrected chi connectivity index (χ4v) is 2.84. The van der Waals surface area contributed by atoms with E-state index in [0.29, 0.717) is 29.2 Å². The van der Waals surface area contributed by atoms with Crippen molar-refractivity contribution in [2.75, 3.05) is 19.5 Å². The van der Waals surface area contributed by atoms with Crippen molar-refractivity contribution >= 4 is 17.6 Å². The smallest absolute Gasteiger partial charge is 0.339 e. The van der Waals surface area contributed by atoms with Crippen molar-refractivity contribution in [3.05, 3.63) is 53.6 Å². The molecule has 0 spiro atoms. The number of esters is 1. The first-order valence-electron chi connectivity index (χ1n) is 7.81. The van der Waals surface area contributed by atoms with E-state index in [-0.39, 0.29) is 0 Å². The number of hydrogen-bond donors (Lipinski definition) is 1. The summed E-state index contributed by atoms with van der Waals surface area (Å²) in [5.41, 5.74) is 0.542. The predicted octanol–water partition coefficient (Wildman–Crippen LogP) is 2.81. The first kappa shape index (κ1) is 16.8. The van der Waals surface area contributed by atoms with Gasteiger partial charge < -0.3 is 19.5 Å². The Morgan fingerprint density at radius 2 is 1.84 bits per heavy atom. The van der Waals surface area contributed by atoms with Crippen molar-refractivity contribution in [1.29, 1.82) is 0 Å². The lowest BCUT2D eigenvalue weighted by Gasteiger charge is -2.33. The van der Waals surface area contributed by atoms with Crippen LogP contribution in [0.5, 0.6) is 11.5 Å². The van der Waals surface area contributed by atoms with E-state index in [2.05, 4.69) is 5.32 Å². The Kier molecular flexibility index (Phi) is 4.35. The molecule has 1 aliphatic rings. The molecule has 2 aromatic rings. The molecule has 1 aliphatic heterocycles. The molecular weight excluding hydrogens is 322 g/mol. The maximum atomic E-state index is 12.7. The quantitative estimate of drug-likeness (QED) is 0.866. The van der Waals surface area contributed by atoms with E-state index >= 15 is 0 Å². The summed E-state index contributed by atoms with van der Waals surface area (Å²) in [6.45, 7) is 1.61. The molecule has 3 rings (SSSR count). The van der Waals surface area contributed by atoms with Gasteiger partial charge in [-0.1, -0.05) is 18.2 Å². The lowest BCUT2D eigenvalue weighted by Crippen LogP contribution is -2.48. The molecule has 0 aliphatic carbocycles. The molecule has 1 N–H and O–H groups in total. The van der Waals surface area contributed by atoms with Crippen molar-refractivity contribution in [3.8, 4) is 11.5 Å². The van der Waals surface area contributed by atoms with Crippen LogP contribution in [0.15, 0.2) is 42.5 Å². The molecule has 0 saturated heterocycles. The number of carbonyl (C=O) groups is 2. The van der Waals surface area contributed by atoms with Gasteiger partial charge in [-0.15, -0.1) is 0 Å². The molecule has 0 radical (unpaired) electrons. The molecule has 130 valence electrons. The number of ether oxygens (including phenoxy) is 3. The Morgan fingerprint density at radius 1 is 1.12 bits per heavy atom. The van der Waals surface area contributed by atoms with Gasteiger partial charge in [0.15, 0.2) is 17.1 Å². The number of anilines is 1. The van der Waals surface area contributed by atoms with E-state index in [4.69, 9.17) is 14.2 Å². The average Bonchev–Trinajstić information content (AvgIpc) is 2.61. The van der Waals surface area contributed by atoms with Gasteiger partial charge in [0.25, 0.3) is 5.91 Å². The van der Waals surface area contributed by atoms with Crippen LogP contribution in [-0.4, -0.2) is 31.7 Å². The topological polar surface area (TPSA) is 73.9 Å². The number of carbonyl (C=O) groups excluding carboxylic acids is 2. The van der Waals surface area contributed by atoms with Gasteiger partial charge in [0.2, 0.25) is 0 Å². The first-order valence-corrected chi connectivity index (χ1v) is 7.81. The zero-order valence-electron chi connectivity index (χ0n) is 14.3. The fraction of sp³-hybridized carbons (Fsp3) is 0.263. The van der Waals surface area contributed by atoms with E-state index in [1.54, 1.807) is 37.3 Å².